The number of benzene rings is 1. The van der Waals surface area contributed by atoms with E-state index >= 15 is 0 Å². The third-order valence-corrected chi connectivity index (χ3v) is 2.36. The molecule has 0 saturated heterocycles. The van der Waals surface area contributed by atoms with Gasteiger partial charge in [0.1, 0.15) is 5.82 Å². The second-order valence-corrected chi connectivity index (χ2v) is 5.52. The Hall–Kier alpha value is -1.62. The van der Waals surface area contributed by atoms with Gasteiger partial charge in [0.2, 0.25) is 0 Å². The number of anilines is 1. The van der Waals surface area contributed by atoms with E-state index in [0.717, 1.165) is 0 Å². The Morgan fingerprint density at radius 1 is 1.26 bits per heavy atom. The Morgan fingerprint density at radius 2 is 1.79 bits per heavy atom. The lowest BCUT2D eigenvalue weighted by atomic mass is 10.1. The molecular weight excluding hydrogens is 247 g/mol. The average molecular weight is 268 g/mol. The molecule has 0 aliphatic rings. The highest BCUT2D eigenvalue weighted by Crippen LogP contribution is 2.18. The van der Waals surface area contributed by atoms with Gasteiger partial charge in [-0.2, -0.15) is 0 Å². The molecule has 2 N–H and O–H groups in total. The van der Waals surface area contributed by atoms with E-state index in [1.807, 2.05) is 20.8 Å². The summed E-state index contributed by atoms with van der Waals surface area (Å²) in [6, 6.07) is 3.33. The van der Waals surface area contributed by atoms with Gasteiger partial charge >= 0.3 is 0 Å². The molecule has 1 aromatic carbocycles. The maximum absolute atomic E-state index is 13.4. The average Bonchev–Trinajstić information content (AvgIpc) is 2.29. The number of hydroxylamine groups is 1. The molecule has 0 atom stereocenters. The Bertz CT molecular complexity index is 444. The number of nitrogens with one attached hydrogen (secondary N) is 2. The van der Waals surface area contributed by atoms with Gasteiger partial charge in [0, 0.05) is 5.69 Å². The van der Waals surface area contributed by atoms with Crippen molar-refractivity contribution in [1.29, 1.82) is 0 Å². The minimum Gasteiger partial charge on any atom is -0.376 e. The Labute approximate surface area is 113 Å². The van der Waals surface area contributed by atoms with Gasteiger partial charge in [0.25, 0.3) is 5.91 Å². The van der Waals surface area contributed by atoms with Crippen LogP contribution in [0.1, 0.15) is 31.9 Å². The third kappa shape index (κ3) is 5.26. The zero-order chi connectivity index (χ0) is 14.6. The van der Waals surface area contributed by atoms with Crippen LogP contribution in [-0.4, -0.2) is 18.1 Å². The Kier molecular flexibility index (Phi) is 4.89. The van der Waals surface area contributed by atoms with Crippen molar-refractivity contribution in [2.75, 3.05) is 11.9 Å². The third-order valence-electron chi connectivity index (χ3n) is 2.36. The lowest BCUT2D eigenvalue weighted by Crippen LogP contribution is -2.36. The van der Waals surface area contributed by atoms with E-state index in [0.29, 0.717) is 16.8 Å². The van der Waals surface area contributed by atoms with Crippen molar-refractivity contribution in [2.24, 2.45) is 0 Å². The predicted octanol–water partition coefficient (Wildman–Crippen LogP) is 2.70. The molecular formula is C14H21FN2O2. The van der Waals surface area contributed by atoms with Crippen LogP contribution < -0.4 is 10.8 Å². The summed E-state index contributed by atoms with van der Waals surface area (Å²) in [5.41, 5.74) is 3.74. The molecule has 4 nitrogen and oxygen atoms in total. The van der Waals surface area contributed by atoms with E-state index in [9.17, 15) is 9.18 Å². The molecule has 1 amide bonds. The first-order valence-corrected chi connectivity index (χ1v) is 6.16. The van der Waals surface area contributed by atoms with Gasteiger partial charge in [-0.3, -0.25) is 9.63 Å². The van der Waals surface area contributed by atoms with Crippen molar-refractivity contribution in [3.05, 3.63) is 29.1 Å². The minimum absolute atomic E-state index is 0.0700. The van der Waals surface area contributed by atoms with E-state index in [1.165, 1.54) is 0 Å². The van der Waals surface area contributed by atoms with E-state index in [4.69, 9.17) is 4.84 Å². The fraction of sp³-hybridized carbons (Fsp3) is 0.500. The van der Waals surface area contributed by atoms with Crippen molar-refractivity contribution >= 4 is 11.6 Å². The molecule has 106 valence electrons. The number of carbonyl (C=O) groups excluding carboxylic acids is 1. The molecule has 1 aromatic rings. The first kappa shape index (κ1) is 15.4. The molecule has 0 fully saturated rings. The topological polar surface area (TPSA) is 50.4 Å². The Morgan fingerprint density at radius 3 is 2.26 bits per heavy atom. The number of amides is 1. The fourth-order valence-electron chi connectivity index (χ4n) is 1.48. The normalized spacial score (nSPS) is 11.3. The molecule has 0 saturated carbocycles. The molecule has 0 heterocycles. The summed E-state index contributed by atoms with van der Waals surface area (Å²) in [4.78, 5) is 16.7. The van der Waals surface area contributed by atoms with E-state index in [1.54, 1.807) is 26.0 Å². The standard InChI is InChI=1S/C14H21FN2O2/c1-9-6-11(7-10(2)13(9)15)16-8-12(18)17-19-14(3,4)5/h6-7,16H,8H2,1-5H3,(H,17,18). The van der Waals surface area contributed by atoms with Gasteiger partial charge in [-0.15, -0.1) is 0 Å². The maximum Gasteiger partial charge on any atom is 0.262 e. The summed E-state index contributed by atoms with van der Waals surface area (Å²) in [5, 5.41) is 2.93. The quantitative estimate of drug-likeness (QED) is 0.825. The number of aryl methyl sites for hydroxylation is 2. The number of hydrogen-bond acceptors (Lipinski definition) is 3. The fourth-order valence-corrected chi connectivity index (χ4v) is 1.48. The van der Waals surface area contributed by atoms with Crippen LogP contribution >= 0.6 is 0 Å². The van der Waals surface area contributed by atoms with Crippen LogP contribution in [0.25, 0.3) is 0 Å². The SMILES string of the molecule is Cc1cc(NCC(=O)NOC(C)(C)C)cc(C)c1F. The van der Waals surface area contributed by atoms with Gasteiger partial charge in [-0.05, 0) is 57.9 Å². The van der Waals surface area contributed by atoms with Crippen molar-refractivity contribution in [1.82, 2.24) is 5.48 Å². The van der Waals surface area contributed by atoms with Crippen LogP contribution in [0.15, 0.2) is 12.1 Å². The van der Waals surface area contributed by atoms with E-state index in [-0.39, 0.29) is 18.3 Å². The van der Waals surface area contributed by atoms with Crippen molar-refractivity contribution in [3.8, 4) is 0 Å². The lowest BCUT2D eigenvalue weighted by Gasteiger charge is -2.19. The van der Waals surface area contributed by atoms with Crippen LogP contribution in [0.4, 0.5) is 10.1 Å². The smallest absolute Gasteiger partial charge is 0.262 e. The summed E-state index contributed by atoms with van der Waals surface area (Å²) < 4.78 is 13.4. The van der Waals surface area contributed by atoms with Gasteiger partial charge in [0.15, 0.2) is 0 Å². The number of hydrogen-bond donors (Lipinski definition) is 2. The lowest BCUT2D eigenvalue weighted by molar-refractivity contribution is -0.143. The minimum atomic E-state index is -0.432. The van der Waals surface area contributed by atoms with Crippen molar-refractivity contribution < 1.29 is 14.0 Å². The predicted molar refractivity (Wildman–Crippen MR) is 73.3 cm³/mol. The van der Waals surface area contributed by atoms with E-state index in [2.05, 4.69) is 10.8 Å². The molecule has 0 aliphatic heterocycles. The second-order valence-electron chi connectivity index (χ2n) is 5.52. The second kappa shape index (κ2) is 6.02. The summed E-state index contributed by atoms with van der Waals surface area (Å²) in [7, 11) is 0. The summed E-state index contributed by atoms with van der Waals surface area (Å²) in [6.07, 6.45) is 0. The molecule has 0 aliphatic carbocycles. The summed E-state index contributed by atoms with van der Waals surface area (Å²) in [6.45, 7) is 8.97. The molecule has 0 bridgehead atoms. The number of carbonyl (C=O) groups is 1. The molecule has 1 rings (SSSR count). The van der Waals surface area contributed by atoms with Crippen molar-refractivity contribution in [3.63, 3.8) is 0 Å². The summed E-state index contributed by atoms with van der Waals surface area (Å²) in [5.74, 6) is -0.499. The van der Waals surface area contributed by atoms with Crippen LogP contribution in [0, 0.1) is 19.7 Å². The van der Waals surface area contributed by atoms with Gasteiger partial charge in [-0.1, -0.05) is 0 Å². The molecule has 5 heteroatoms. The number of rotatable bonds is 4. The molecule has 0 radical (unpaired) electrons. The monoisotopic (exact) mass is 268 g/mol. The first-order valence-electron chi connectivity index (χ1n) is 6.16. The zero-order valence-electron chi connectivity index (χ0n) is 12.1. The Balaban J connectivity index is 2.51. The molecule has 0 aromatic heterocycles. The maximum atomic E-state index is 13.4. The van der Waals surface area contributed by atoms with Crippen LogP contribution in [0.3, 0.4) is 0 Å². The molecule has 19 heavy (non-hydrogen) atoms. The highest BCUT2D eigenvalue weighted by molar-refractivity contribution is 5.79. The van der Waals surface area contributed by atoms with E-state index < -0.39 is 5.60 Å². The van der Waals surface area contributed by atoms with Crippen LogP contribution in [-0.2, 0) is 9.63 Å². The number of halogens is 1. The first-order chi connectivity index (χ1) is 8.69. The van der Waals surface area contributed by atoms with Gasteiger partial charge in [0.05, 0.1) is 12.1 Å². The zero-order valence-corrected chi connectivity index (χ0v) is 12.1. The van der Waals surface area contributed by atoms with Crippen molar-refractivity contribution in [2.45, 2.75) is 40.2 Å². The summed E-state index contributed by atoms with van der Waals surface area (Å²) >= 11 is 0. The van der Waals surface area contributed by atoms with Crippen LogP contribution in [0.2, 0.25) is 0 Å². The largest absolute Gasteiger partial charge is 0.376 e. The van der Waals surface area contributed by atoms with Gasteiger partial charge < -0.3 is 5.32 Å². The van der Waals surface area contributed by atoms with Crippen LogP contribution in [0.5, 0.6) is 0 Å². The van der Waals surface area contributed by atoms with Gasteiger partial charge in [-0.25, -0.2) is 9.87 Å². The molecule has 0 unspecified atom stereocenters. The highest BCUT2D eigenvalue weighted by Gasteiger charge is 2.12. The molecule has 0 spiro atoms. The highest BCUT2D eigenvalue weighted by atomic mass is 19.1.